The van der Waals surface area contributed by atoms with E-state index in [4.69, 9.17) is 0 Å². The van der Waals surface area contributed by atoms with Crippen LogP contribution in [0.25, 0.3) is 0 Å². The summed E-state index contributed by atoms with van der Waals surface area (Å²) in [7, 11) is 0. The van der Waals surface area contributed by atoms with E-state index in [1.54, 1.807) is 5.57 Å². The molecule has 3 fully saturated rings. The van der Waals surface area contributed by atoms with Crippen molar-refractivity contribution in [3.05, 3.63) is 23.3 Å². The summed E-state index contributed by atoms with van der Waals surface area (Å²) in [6, 6.07) is 0. The van der Waals surface area contributed by atoms with Crippen molar-refractivity contribution in [1.82, 2.24) is 0 Å². The molecule has 0 aromatic heterocycles. The minimum absolute atomic E-state index is 0.272. The maximum Gasteiger partial charge on any atom is 0.190 e. The molecule has 4 rings (SSSR count). The Bertz CT molecular complexity index is 633. The fourth-order valence-electron chi connectivity index (χ4n) is 6.64. The summed E-state index contributed by atoms with van der Waals surface area (Å²) in [5.41, 5.74) is 1.59. The Morgan fingerprint density at radius 3 is 2.62 bits per heavy atom. The van der Waals surface area contributed by atoms with E-state index < -0.39 is 17.6 Å². The van der Waals surface area contributed by atoms with E-state index >= 15 is 0 Å². The molecule has 5 atom stereocenters. The van der Waals surface area contributed by atoms with Crippen LogP contribution in [0.2, 0.25) is 0 Å². The van der Waals surface area contributed by atoms with Crippen molar-refractivity contribution in [2.75, 3.05) is 6.61 Å². The molecule has 2 N–H and O–H groups in total. The Kier molecular flexibility index (Phi) is 3.64. The van der Waals surface area contributed by atoms with Crippen molar-refractivity contribution in [2.45, 2.75) is 70.8 Å². The molecule has 0 amide bonds. The first-order chi connectivity index (χ1) is 11.4. The zero-order valence-corrected chi connectivity index (χ0v) is 15.0. The van der Waals surface area contributed by atoms with E-state index in [2.05, 4.69) is 26.0 Å². The highest BCUT2D eigenvalue weighted by Gasteiger charge is 2.64. The Labute approximate surface area is 144 Å². The molecule has 0 aliphatic heterocycles. The van der Waals surface area contributed by atoms with Gasteiger partial charge < -0.3 is 10.2 Å². The minimum Gasteiger partial charge on any atom is -0.388 e. The molecule has 4 aliphatic carbocycles. The van der Waals surface area contributed by atoms with Crippen LogP contribution in [0.3, 0.4) is 0 Å². The van der Waals surface area contributed by atoms with Crippen molar-refractivity contribution in [3.63, 3.8) is 0 Å². The number of fused-ring (bicyclic) bond motifs is 5. The van der Waals surface area contributed by atoms with Gasteiger partial charge in [-0.05, 0) is 62.2 Å². The number of carbonyl (C=O) groups excluding carboxylic acids is 1. The van der Waals surface area contributed by atoms with Crippen LogP contribution in [0.4, 0.5) is 0 Å². The number of allylic oxidation sites excluding steroid dienone is 4. The summed E-state index contributed by atoms with van der Waals surface area (Å²) < 4.78 is 0. The van der Waals surface area contributed by atoms with Crippen LogP contribution in [0, 0.1) is 22.7 Å². The number of ketones is 1. The Hall–Kier alpha value is -0.930. The molecule has 0 radical (unpaired) electrons. The van der Waals surface area contributed by atoms with Gasteiger partial charge in [0.1, 0.15) is 12.2 Å². The van der Waals surface area contributed by atoms with E-state index in [1.807, 2.05) is 0 Å². The lowest BCUT2D eigenvalue weighted by molar-refractivity contribution is -0.156. The lowest BCUT2D eigenvalue weighted by atomic mass is 9.50. The minimum atomic E-state index is -1.35. The molecule has 3 nitrogen and oxygen atoms in total. The molecule has 24 heavy (non-hydrogen) atoms. The summed E-state index contributed by atoms with van der Waals surface area (Å²) in [6.45, 7) is 3.97. The van der Waals surface area contributed by atoms with Gasteiger partial charge in [0.15, 0.2) is 5.78 Å². The molecular formula is C21H30O3. The predicted octanol–water partition coefficient (Wildman–Crippen LogP) is 3.55. The summed E-state index contributed by atoms with van der Waals surface area (Å²) in [4.78, 5) is 12.3. The van der Waals surface area contributed by atoms with Crippen LogP contribution in [-0.2, 0) is 4.79 Å². The van der Waals surface area contributed by atoms with Crippen LogP contribution < -0.4 is 0 Å². The molecule has 0 saturated heterocycles. The highest BCUT2D eigenvalue weighted by Crippen LogP contribution is 2.65. The second-order valence-corrected chi connectivity index (χ2v) is 9.02. The monoisotopic (exact) mass is 330 g/mol. The van der Waals surface area contributed by atoms with Crippen LogP contribution >= 0.6 is 0 Å². The SMILES string of the molecule is C[C@]12CC[C@@H]3C(=CC=C4CCCC[C@]43C)[C@@H]1CC[C@]2(O)C(=O)CO. The molecule has 4 aliphatic rings. The van der Waals surface area contributed by atoms with Crippen molar-refractivity contribution in [1.29, 1.82) is 0 Å². The van der Waals surface area contributed by atoms with Crippen molar-refractivity contribution in [3.8, 4) is 0 Å². The van der Waals surface area contributed by atoms with Crippen molar-refractivity contribution < 1.29 is 15.0 Å². The van der Waals surface area contributed by atoms with Gasteiger partial charge in [-0.2, -0.15) is 0 Å². The Balaban J connectivity index is 1.74. The molecule has 3 saturated carbocycles. The maximum absolute atomic E-state index is 12.3. The fourth-order valence-corrected chi connectivity index (χ4v) is 6.64. The average molecular weight is 330 g/mol. The maximum atomic E-state index is 12.3. The smallest absolute Gasteiger partial charge is 0.190 e. The predicted molar refractivity (Wildman–Crippen MR) is 93.3 cm³/mol. The molecule has 0 bridgehead atoms. The summed E-state index contributed by atoms with van der Waals surface area (Å²) in [5, 5.41) is 20.5. The number of aliphatic hydroxyl groups is 2. The first-order valence-electron chi connectivity index (χ1n) is 9.64. The number of rotatable bonds is 2. The second-order valence-electron chi connectivity index (χ2n) is 9.02. The van der Waals surface area contributed by atoms with Gasteiger partial charge >= 0.3 is 0 Å². The van der Waals surface area contributed by atoms with Gasteiger partial charge in [0.2, 0.25) is 0 Å². The fraction of sp³-hybridized carbons (Fsp3) is 0.762. The zero-order chi connectivity index (χ0) is 17.2. The van der Waals surface area contributed by atoms with E-state index in [1.165, 1.54) is 31.3 Å². The van der Waals surface area contributed by atoms with E-state index in [-0.39, 0.29) is 17.1 Å². The van der Waals surface area contributed by atoms with Crippen LogP contribution in [0.5, 0.6) is 0 Å². The van der Waals surface area contributed by atoms with Gasteiger partial charge in [-0.15, -0.1) is 0 Å². The topological polar surface area (TPSA) is 57.5 Å². The Morgan fingerprint density at radius 2 is 1.88 bits per heavy atom. The van der Waals surface area contributed by atoms with E-state index in [9.17, 15) is 15.0 Å². The number of aliphatic hydroxyl groups excluding tert-OH is 1. The second kappa shape index (κ2) is 5.28. The first-order valence-corrected chi connectivity index (χ1v) is 9.64. The van der Waals surface area contributed by atoms with Crippen LogP contribution in [-0.4, -0.2) is 28.2 Å². The van der Waals surface area contributed by atoms with Gasteiger partial charge in [-0.1, -0.05) is 43.6 Å². The van der Waals surface area contributed by atoms with Crippen molar-refractivity contribution >= 4 is 5.78 Å². The third kappa shape index (κ3) is 1.89. The van der Waals surface area contributed by atoms with Crippen molar-refractivity contribution in [2.24, 2.45) is 22.7 Å². The molecule has 0 aromatic rings. The molecule has 0 heterocycles. The summed E-state index contributed by atoms with van der Waals surface area (Å²) in [5.74, 6) is 0.457. The number of Topliss-reactive ketones (excluding diaryl/α,β-unsaturated/α-hetero) is 1. The molecule has 0 unspecified atom stereocenters. The average Bonchev–Trinajstić information content (AvgIpc) is 2.86. The number of hydrogen-bond acceptors (Lipinski definition) is 3. The number of carbonyl (C=O) groups is 1. The van der Waals surface area contributed by atoms with Gasteiger partial charge in [-0.25, -0.2) is 0 Å². The van der Waals surface area contributed by atoms with E-state index in [0.717, 1.165) is 19.3 Å². The largest absolute Gasteiger partial charge is 0.388 e. The van der Waals surface area contributed by atoms with Gasteiger partial charge in [-0.3, -0.25) is 4.79 Å². The lowest BCUT2D eigenvalue weighted by Gasteiger charge is -2.55. The van der Waals surface area contributed by atoms with Crippen LogP contribution in [0.15, 0.2) is 23.3 Å². The lowest BCUT2D eigenvalue weighted by Crippen LogP contribution is -2.55. The first kappa shape index (κ1) is 16.5. The third-order valence-corrected chi connectivity index (χ3v) is 8.24. The van der Waals surface area contributed by atoms with E-state index in [0.29, 0.717) is 12.3 Å². The standard InChI is InChI=1S/C21H30O3/c1-19-10-4-3-5-14(19)6-7-15-16(19)8-11-20(2)17(15)9-12-21(20,24)18(23)13-22/h6-7,16-17,22,24H,3-5,8-13H2,1-2H3/t16-,17+,19-,20+,21+/m1/s1. The van der Waals surface area contributed by atoms with Gasteiger partial charge in [0.05, 0.1) is 0 Å². The van der Waals surface area contributed by atoms with Gasteiger partial charge in [0, 0.05) is 5.41 Å². The normalized spacial score (nSPS) is 47.2. The molecule has 0 aromatic carbocycles. The van der Waals surface area contributed by atoms with Crippen LogP contribution in [0.1, 0.15) is 65.2 Å². The zero-order valence-electron chi connectivity index (χ0n) is 15.0. The number of hydrogen-bond donors (Lipinski definition) is 2. The molecule has 0 spiro atoms. The highest BCUT2D eigenvalue weighted by molar-refractivity contribution is 5.89. The summed E-state index contributed by atoms with van der Waals surface area (Å²) in [6.07, 6.45) is 13.1. The quantitative estimate of drug-likeness (QED) is 0.814. The molecule has 132 valence electrons. The molecule has 3 heteroatoms. The molecular weight excluding hydrogens is 300 g/mol. The third-order valence-electron chi connectivity index (χ3n) is 8.24. The van der Waals surface area contributed by atoms with Gasteiger partial charge in [0.25, 0.3) is 0 Å². The highest BCUT2D eigenvalue weighted by atomic mass is 16.3. The summed E-state index contributed by atoms with van der Waals surface area (Å²) >= 11 is 0. The Morgan fingerprint density at radius 1 is 1.12 bits per heavy atom.